The third-order valence-electron chi connectivity index (χ3n) is 2.34. The third-order valence-corrected chi connectivity index (χ3v) is 2.55. The van der Waals surface area contributed by atoms with Crippen molar-refractivity contribution in [1.82, 2.24) is 9.97 Å². The Kier molecular flexibility index (Phi) is 3.93. The van der Waals surface area contributed by atoms with E-state index in [-0.39, 0.29) is 22.2 Å². The number of hydrogen-bond acceptors (Lipinski definition) is 4. The van der Waals surface area contributed by atoms with Crippen LogP contribution in [0, 0.1) is 4.77 Å². The highest BCUT2D eigenvalue weighted by molar-refractivity contribution is 7.71. The second kappa shape index (κ2) is 5.49. The normalized spacial score (nSPS) is 11.2. The van der Waals surface area contributed by atoms with Gasteiger partial charge in [-0.25, -0.2) is 4.98 Å². The quantitative estimate of drug-likeness (QED) is 0.872. The molecule has 0 aliphatic carbocycles. The van der Waals surface area contributed by atoms with Gasteiger partial charge in [0.05, 0.1) is 18.9 Å². The highest BCUT2D eigenvalue weighted by Gasteiger charge is 2.30. The van der Waals surface area contributed by atoms with Crippen LogP contribution in [0.2, 0.25) is 0 Å². The fourth-order valence-electron chi connectivity index (χ4n) is 1.44. The van der Waals surface area contributed by atoms with Crippen molar-refractivity contribution in [3.63, 3.8) is 0 Å². The second-order valence-corrected chi connectivity index (χ2v) is 4.10. The SMILES string of the molecule is COc1cnc(=S)[nH]c1Oc1cccc(C(F)(F)F)c1. The van der Waals surface area contributed by atoms with Crippen molar-refractivity contribution < 1.29 is 22.6 Å². The highest BCUT2D eigenvalue weighted by Crippen LogP contribution is 2.34. The van der Waals surface area contributed by atoms with Gasteiger partial charge in [-0.3, -0.25) is 4.98 Å². The van der Waals surface area contributed by atoms with E-state index < -0.39 is 11.7 Å². The monoisotopic (exact) mass is 302 g/mol. The Labute approximate surface area is 117 Å². The van der Waals surface area contributed by atoms with Gasteiger partial charge in [0.15, 0.2) is 10.5 Å². The van der Waals surface area contributed by atoms with E-state index >= 15 is 0 Å². The van der Waals surface area contributed by atoms with Crippen molar-refractivity contribution in [1.29, 1.82) is 0 Å². The average molecular weight is 302 g/mol. The molecule has 1 N–H and O–H groups in total. The Morgan fingerprint density at radius 1 is 1.30 bits per heavy atom. The lowest BCUT2D eigenvalue weighted by molar-refractivity contribution is -0.137. The van der Waals surface area contributed by atoms with E-state index in [4.69, 9.17) is 21.7 Å². The lowest BCUT2D eigenvalue weighted by atomic mass is 10.2. The molecule has 8 heteroatoms. The molecule has 2 aromatic rings. The second-order valence-electron chi connectivity index (χ2n) is 3.71. The minimum atomic E-state index is -4.44. The fourth-order valence-corrected chi connectivity index (χ4v) is 1.59. The van der Waals surface area contributed by atoms with Crippen LogP contribution in [0.5, 0.6) is 17.4 Å². The van der Waals surface area contributed by atoms with Gasteiger partial charge in [-0.2, -0.15) is 13.2 Å². The lowest BCUT2D eigenvalue weighted by Crippen LogP contribution is -2.04. The summed E-state index contributed by atoms with van der Waals surface area (Å²) in [6, 6.07) is 4.49. The van der Waals surface area contributed by atoms with Crippen molar-refractivity contribution in [3.05, 3.63) is 40.8 Å². The number of ether oxygens (including phenoxy) is 2. The van der Waals surface area contributed by atoms with Crippen molar-refractivity contribution in [2.24, 2.45) is 0 Å². The highest BCUT2D eigenvalue weighted by atomic mass is 32.1. The summed E-state index contributed by atoms with van der Waals surface area (Å²) in [4.78, 5) is 6.39. The number of nitrogens with one attached hydrogen (secondary N) is 1. The van der Waals surface area contributed by atoms with Crippen molar-refractivity contribution in [3.8, 4) is 17.4 Å². The average Bonchev–Trinajstić information content (AvgIpc) is 2.38. The molecule has 0 fully saturated rings. The summed E-state index contributed by atoms with van der Waals surface area (Å²) in [5.74, 6) is 0.331. The van der Waals surface area contributed by atoms with Crippen LogP contribution in [0.1, 0.15) is 5.56 Å². The summed E-state index contributed by atoms with van der Waals surface area (Å²) in [6.07, 6.45) is -3.11. The van der Waals surface area contributed by atoms with Gasteiger partial charge in [0, 0.05) is 0 Å². The molecule has 20 heavy (non-hydrogen) atoms. The van der Waals surface area contributed by atoms with E-state index in [0.29, 0.717) is 0 Å². The summed E-state index contributed by atoms with van der Waals surface area (Å²) in [5.41, 5.74) is -0.804. The molecule has 0 amide bonds. The van der Waals surface area contributed by atoms with E-state index in [1.54, 1.807) is 0 Å². The number of benzene rings is 1. The van der Waals surface area contributed by atoms with Crippen LogP contribution in [-0.2, 0) is 6.18 Å². The number of rotatable bonds is 3. The molecule has 0 unspecified atom stereocenters. The van der Waals surface area contributed by atoms with Crippen molar-refractivity contribution in [2.75, 3.05) is 7.11 Å². The molecule has 0 atom stereocenters. The van der Waals surface area contributed by atoms with E-state index in [0.717, 1.165) is 12.1 Å². The number of alkyl halides is 3. The Balaban J connectivity index is 2.35. The number of methoxy groups -OCH3 is 1. The summed E-state index contributed by atoms with van der Waals surface area (Å²) < 4.78 is 48.2. The zero-order chi connectivity index (χ0) is 14.8. The molecule has 0 spiro atoms. The summed E-state index contributed by atoms with van der Waals surface area (Å²) in [6.45, 7) is 0. The Bertz CT molecular complexity index is 670. The summed E-state index contributed by atoms with van der Waals surface area (Å²) in [7, 11) is 1.38. The molecular weight excluding hydrogens is 293 g/mol. The fraction of sp³-hybridized carbons (Fsp3) is 0.167. The maximum absolute atomic E-state index is 12.6. The van der Waals surface area contributed by atoms with Crippen LogP contribution in [0.25, 0.3) is 0 Å². The number of halogens is 3. The van der Waals surface area contributed by atoms with E-state index in [9.17, 15) is 13.2 Å². The molecule has 1 aromatic carbocycles. The maximum Gasteiger partial charge on any atom is 0.416 e. The molecule has 4 nitrogen and oxygen atoms in total. The summed E-state index contributed by atoms with van der Waals surface area (Å²) >= 11 is 4.83. The summed E-state index contributed by atoms with van der Waals surface area (Å²) in [5, 5.41) is 0. The molecule has 0 saturated heterocycles. The van der Waals surface area contributed by atoms with Gasteiger partial charge in [0.2, 0.25) is 5.88 Å². The standard InChI is InChI=1S/C12H9F3N2O2S/c1-18-9-6-16-11(20)17-10(9)19-8-4-2-3-7(5-8)12(13,14)15/h2-6H,1H3,(H,16,17,20). The smallest absolute Gasteiger partial charge is 0.416 e. The van der Waals surface area contributed by atoms with E-state index in [1.807, 2.05) is 0 Å². The molecule has 1 aromatic heterocycles. The molecule has 0 aliphatic heterocycles. The molecule has 2 rings (SSSR count). The first-order valence-corrected chi connectivity index (χ1v) is 5.79. The van der Waals surface area contributed by atoms with Crippen molar-refractivity contribution >= 4 is 12.2 Å². The van der Waals surface area contributed by atoms with Gasteiger partial charge in [-0.05, 0) is 30.4 Å². The Morgan fingerprint density at radius 2 is 2.05 bits per heavy atom. The van der Waals surface area contributed by atoms with E-state index in [1.165, 1.54) is 25.4 Å². The molecule has 0 radical (unpaired) electrons. The first-order chi connectivity index (χ1) is 9.40. The molecule has 0 aliphatic rings. The van der Waals surface area contributed by atoms with Crippen molar-refractivity contribution in [2.45, 2.75) is 6.18 Å². The number of nitrogens with zero attached hydrogens (tertiary/aromatic N) is 1. The van der Waals surface area contributed by atoms with Crippen LogP contribution in [-0.4, -0.2) is 17.1 Å². The molecule has 106 valence electrons. The zero-order valence-electron chi connectivity index (χ0n) is 10.2. The van der Waals surface area contributed by atoms with Gasteiger partial charge < -0.3 is 9.47 Å². The zero-order valence-corrected chi connectivity index (χ0v) is 11.0. The number of aromatic nitrogens is 2. The predicted octanol–water partition coefficient (Wildman–Crippen LogP) is 3.96. The van der Waals surface area contributed by atoms with Crippen LogP contribution < -0.4 is 9.47 Å². The van der Waals surface area contributed by atoms with Gasteiger partial charge in [0.1, 0.15) is 5.75 Å². The maximum atomic E-state index is 12.6. The number of hydrogen-bond donors (Lipinski definition) is 1. The topological polar surface area (TPSA) is 47.1 Å². The predicted molar refractivity (Wildman–Crippen MR) is 67.5 cm³/mol. The van der Waals surface area contributed by atoms with Gasteiger partial charge in [0.25, 0.3) is 0 Å². The molecule has 1 heterocycles. The first-order valence-electron chi connectivity index (χ1n) is 5.38. The minimum Gasteiger partial charge on any atom is -0.490 e. The minimum absolute atomic E-state index is 0.00924. The van der Waals surface area contributed by atoms with Gasteiger partial charge >= 0.3 is 6.18 Å². The Hall–Kier alpha value is -2.09. The van der Waals surface area contributed by atoms with Crippen LogP contribution >= 0.6 is 12.2 Å². The van der Waals surface area contributed by atoms with Crippen LogP contribution in [0.4, 0.5) is 13.2 Å². The van der Waals surface area contributed by atoms with Gasteiger partial charge in [-0.1, -0.05) is 6.07 Å². The molecule has 0 saturated carbocycles. The van der Waals surface area contributed by atoms with E-state index in [2.05, 4.69) is 9.97 Å². The first kappa shape index (κ1) is 14.3. The third kappa shape index (κ3) is 3.27. The van der Waals surface area contributed by atoms with Crippen LogP contribution in [0.3, 0.4) is 0 Å². The van der Waals surface area contributed by atoms with Gasteiger partial charge in [-0.15, -0.1) is 0 Å². The molecular formula is C12H9F3N2O2S. The molecule has 0 bridgehead atoms. The number of H-pyrrole nitrogens is 1. The lowest BCUT2D eigenvalue weighted by Gasteiger charge is -2.11. The largest absolute Gasteiger partial charge is 0.490 e. The number of aromatic amines is 1. The Morgan fingerprint density at radius 3 is 2.70 bits per heavy atom. The van der Waals surface area contributed by atoms with Crippen LogP contribution in [0.15, 0.2) is 30.5 Å².